The molecule has 0 spiro atoms. The lowest BCUT2D eigenvalue weighted by Gasteiger charge is -2.27. The first-order valence-corrected chi connectivity index (χ1v) is 9.90. The molecule has 6 nitrogen and oxygen atoms in total. The molecule has 0 amide bonds. The van der Waals surface area contributed by atoms with Crippen molar-refractivity contribution in [2.45, 2.75) is 24.3 Å². The third-order valence-electron chi connectivity index (χ3n) is 4.59. The zero-order valence-corrected chi connectivity index (χ0v) is 16.8. The molecule has 0 fully saturated rings. The summed E-state index contributed by atoms with van der Waals surface area (Å²) in [6.45, 7) is 2.74. The highest BCUT2D eigenvalue weighted by atomic mass is 35.5. The number of rotatable bonds is 5. The van der Waals surface area contributed by atoms with Crippen molar-refractivity contribution in [3.8, 4) is 0 Å². The Balaban J connectivity index is 0.00000261. The van der Waals surface area contributed by atoms with E-state index in [0.29, 0.717) is 5.56 Å². The van der Waals surface area contributed by atoms with Crippen molar-refractivity contribution < 1.29 is 17.9 Å². The number of fused-ring (bicyclic) bond motifs is 1. The van der Waals surface area contributed by atoms with Gasteiger partial charge in [0.25, 0.3) is 0 Å². The van der Waals surface area contributed by atoms with Crippen molar-refractivity contribution in [1.82, 2.24) is 10.0 Å². The normalized spacial score (nSPS) is 16.1. The number of benzene rings is 2. The number of esters is 1. The van der Waals surface area contributed by atoms with Crippen molar-refractivity contribution in [3.05, 3.63) is 64.7 Å². The van der Waals surface area contributed by atoms with Crippen LogP contribution >= 0.6 is 12.4 Å². The molecule has 1 aliphatic heterocycles. The molecular formula is C19H23ClN2O4S. The minimum atomic E-state index is -3.75. The van der Waals surface area contributed by atoms with Gasteiger partial charge in [-0.25, -0.2) is 17.9 Å². The Bertz CT molecular complexity index is 931. The van der Waals surface area contributed by atoms with Gasteiger partial charge in [0.15, 0.2) is 0 Å². The highest BCUT2D eigenvalue weighted by Crippen LogP contribution is 2.23. The largest absolute Gasteiger partial charge is 0.465 e. The number of carbonyl (C=O) groups excluding carboxylic acids is 1. The number of aryl methyl sites for hydroxylation is 1. The van der Waals surface area contributed by atoms with Crippen LogP contribution in [0.5, 0.6) is 0 Å². The van der Waals surface area contributed by atoms with E-state index in [-0.39, 0.29) is 35.5 Å². The second kappa shape index (κ2) is 8.84. The van der Waals surface area contributed by atoms with Crippen molar-refractivity contribution in [1.29, 1.82) is 0 Å². The van der Waals surface area contributed by atoms with E-state index in [9.17, 15) is 13.2 Å². The van der Waals surface area contributed by atoms with Crippen molar-refractivity contribution in [2.24, 2.45) is 0 Å². The van der Waals surface area contributed by atoms with Gasteiger partial charge >= 0.3 is 5.97 Å². The summed E-state index contributed by atoms with van der Waals surface area (Å²) in [5.74, 6) is -0.565. The summed E-state index contributed by atoms with van der Waals surface area (Å²) in [5.41, 5.74) is 3.13. The first-order valence-electron chi connectivity index (χ1n) is 8.42. The quantitative estimate of drug-likeness (QED) is 0.739. The Hall–Kier alpha value is -1.93. The second-order valence-electron chi connectivity index (χ2n) is 6.28. The van der Waals surface area contributed by atoms with Crippen LogP contribution in [0.25, 0.3) is 0 Å². The van der Waals surface area contributed by atoms with Gasteiger partial charge in [0.2, 0.25) is 10.0 Å². The van der Waals surface area contributed by atoms with Gasteiger partial charge in [-0.1, -0.05) is 30.3 Å². The minimum Gasteiger partial charge on any atom is -0.465 e. The molecule has 0 radical (unpaired) electrons. The lowest BCUT2D eigenvalue weighted by atomic mass is 9.95. The molecule has 1 unspecified atom stereocenters. The fraction of sp³-hybridized carbons (Fsp3) is 0.316. The predicted octanol–water partition coefficient (Wildman–Crippen LogP) is 2.37. The van der Waals surface area contributed by atoms with E-state index in [2.05, 4.69) is 20.8 Å². The molecule has 146 valence electrons. The van der Waals surface area contributed by atoms with Crippen molar-refractivity contribution >= 4 is 28.4 Å². The Morgan fingerprint density at radius 3 is 2.74 bits per heavy atom. The molecule has 2 aromatic carbocycles. The number of ether oxygens (including phenoxy) is 1. The fourth-order valence-electron chi connectivity index (χ4n) is 3.18. The molecule has 1 atom stereocenters. The maximum absolute atomic E-state index is 12.8. The molecule has 0 saturated heterocycles. The number of halogens is 1. The smallest absolute Gasteiger partial charge is 0.337 e. The zero-order valence-electron chi connectivity index (χ0n) is 15.2. The maximum atomic E-state index is 12.8. The number of nitrogens with one attached hydrogen (secondary N) is 2. The lowest BCUT2D eigenvalue weighted by Crippen LogP contribution is -2.39. The van der Waals surface area contributed by atoms with Crippen LogP contribution in [0.4, 0.5) is 0 Å². The van der Waals surface area contributed by atoms with E-state index in [1.54, 1.807) is 19.1 Å². The summed E-state index contributed by atoms with van der Waals surface area (Å²) in [5, 5.41) is 3.35. The molecular weight excluding hydrogens is 388 g/mol. The first kappa shape index (κ1) is 21.4. The van der Waals surface area contributed by atoms with Crippen LogP contribution in [-0.2, 0) is 21.2 Å². The van der Waals surface area contributed by atoms with Crippen LogP contribution in [0.3, 0.4) is 0 Å². The molecule has 0 aliphatic carbocycles. The Morgan fingerprint density at radius 1 is 1.26 bits per heavy atom. The molecule has 8 heteroatoms. The topological polar surface area (TPSA) is 84.5 Å². The van der Waals surface area contributed by atoms with E-state index in [0.717, 1.165) is 18.5 Å². The van der Waals surface area contributed by atoms with E-state index >= 15 is 0 Å². The van der Waals surface area contributed by atoms with Crippen LogP contribution in [0.15, 0.2) is 47.4 Å². The van der Waals surface area contributed by atoms with Gasteiger partial charge in [0, 0.05) is 12.6 Å². The average Bonchev–Trinajstić information content (AvgIpc) is 2.66. The monoisotopic (exact) mass is 410 g/mol. The number of hydrogen-bond acceptors (Lipinski definition) is 5. The summed E-state index contributed by atoms with van der Waals surface area (Å²) < 4.78 is 32.9. The molecule has 0 bridgehead atoms. The Morgan fingerprint density at radius 2 is 2.00 bits per heavy atom. The molecule has 1 heterocycles. The zero-order chi connectivity index (χ0) is 18.7. The third-order valence-corrected chi connectivity index (χ3v) is 6.16. The van der Waals surface area contributed by atoms with Crippen LogP contribution in [0, 0.1) is 6.92 Å². The molecule has 2 aromatic rings. The van der Waals surface area contributed by atoms with Gasteiger partial charge in [0.1, 0.15) is 0 Å². The van der Waals surface area contributed by atoms with E-state index in [1.165, 1.54) is 18.7 Å². The number of carbonyl (C=O) groups is 1. The van der Waals surface area contributed by atoms with Crippen LogP contribution in [-0.4, -0.2) is 34.6 Å². The number of sulfonamides is 1. The summed E-state index contributed by atoms with van der Waals surface area (Å²) in [6, 6.07) is 12.5. The molecule has 0 aromatic heterocycles. The fourth-order valence-corrected chi connectivity index (χ4v) is 4.50. The second-order valence-corrected chi connectivity index (χ2v) is 8.01. The van der Waals surface area contributed by atoms with Gasteiger partial charge < -0.3 is 10.1 Å². The highest BCUT2D eigenvalue weighted by Gasteiger charge is 2.24. The van der Waals surface area contributed by atoms with Gasteiger partial charge in [-0.15, -0.1) is 12.4 Å². The van der Waals surface area contributed by atoms with Crippen LogP contribution in [0.1, 0.15) is 33.1 Å². The van der Waals surface area contributed by atoms with Gasteiger partial charge in [-0.05, 0) is 48.7 Å². The summed E-state index contributed by atoms with van der Waals surface area (Å²) >= 11 is 0. The predicted molar refractivity (Wildman–Crippen MR) is 106 cm³/mol. The molecule has 3 rings (SSSR count). The third kappa shape index (κ3) is 4.68. The standard InChI is InChI=1S/C19H22N2O4S.ClH/c1-13-7-8-15(19(22)25-2)11-18(13)26(23,24)21-12-17-16-6-4-3-5-14(16)9-10-20-17;/h3-8,11,17,20-21H,9-10,12H2,1-2H3;1H. The minimum absolute atomic E-state index is 0. The molecule has 1 aliphatic rings. The van der Waals surface area contributed by atoms with E-state index in [4.69, 9.17) is 0 Å². The van der Waals surface area contributed by atoms with E-state index < -0.39 is 16.0 Å². The van der Waals surface area contributed by atoms with Crippen LogP contribution in [0.2, 0.25) is 0 Å². The number of methoxy groups -OCH3 is 1. The van der Waals surface area contributed by atoms with Crippen LogP contribution < -0.4 is 10.0 Å². The van der Waals surface area contributed by atoms with Crippen molar-refractivity contribution in [3.63, 3.8) is 0 Å². The van der Waals surface area contributed by atoms with Gasteiger partial charge in [-0.3, -0.25) is 0 Å². The average molecular weight is 411 g/mol. The summed E-state index contributed by atoms with van der Waals surface area (Å²) in [7, 11) is -2.49. The maximum Gasteiger partial charge on any atom is 0.337 e. The molecule has 2 N–H and O–H groups in total. The number of hydrogen-bond donors (Lipinski definition) is 2. The lowest BCUT2D eigenvalue weighted by molar-refractivity contribution is 0.0600. The molecule has 27 heavy (non-hydrogen) atoms. The van der Waals surface area contributed by atoms with Crippen molar-refractivity contribution in [2.75, 3.05) is 20.2 Å². The van der Waals surface area contributed by atoms with E-state index in [1.807, 2.05) is 18.2 Å². The molecule has 0 saturated carbocycles. The van der Waals surface area contributed by atoms with Gasteiger partial charge in [0.05, 0.1) is 17.6 Å². The SMILES string of the molecule is COC(=O)c1ccc(C)c(S(=O)(=O)NCC2NCCc3ccccc32)c1.Cl. The van der Waals surface area contributed by atoms with Gasteiger partial charge in [-0.2, -0.15) is 0 Å². The first-order chi connectivity index (χ1) is 12.4. The Kier molecular flexibility index (Phi) is 7.00. The summed E-state index contributed by atoms with van der Waals surface area (Å²) in [6.07, 6.45) is 0.930. The summed E-state index contributed by atoms with van der Waals surface area (Å²) in [4.78, 5) is 11.8. The Labute approximate surface area is 165 Å². The highest BCUT2D eigenvalue weighted by molar-refractivity contribution is 7.89.